The fourth-order valence-corrected chi connectivity index (χ4v) is 10.4. The van der Waals surface area contributed by atoms with E-state index in [9.17, 15) is 29.4 Å². The lowest BCUT2D eigenvalue weighted by atomic mass is 10.00. The molecule has 1 atom stereocenters. The van der Waals surface area contributed by atoms with Crippen LogP contribution in [0.5, 0.6) is 23.0 Å². The number of unbranched alkanes of at least 4 members (excludes halogenated alkanes) is 8. The number of carbonyl (C=O) groups excluding carboxylic acids is 1. The minimum atomic E-state index is -0.400. The quantitative estimate of drug-likeness (QED) is 0.0203. The Hall–Kier alpha value is -5.68. The average molecular weight is 1110 g/mol. The van der Waals surface area contributed by atoms with Gasteiger partial charge in [-0.2, -0.15) is 0 Å². The zero-order valence-corrected chi connectivity index (χ0v) is 48.5. The summed E-state index contributed by atoms with van der Waals surface area (Å²) >= 11 is 0. The average Bonchev–Trinajstić information content (AvgIpc) is 4.31. The number of nitrogens with zero attached hydrogens (tertiary/aromatic N) is 6. The number of nitro benzene ring substituents is 2. The van der Waals surface area contributed by atoms with Gasteiger partial charge in [-0.05, 0) is 280 Å². The number of carbonyl (C=O) groups is 1. The van der Waals surface area contributed by atoms with E-state index in [4.69, 9.17) is 18.9 Å². The molecule has 442 valence electrons. The van der Waals surface area contributed by atoms with Gasteiger partial charge in [0.1, 0.15) is 28.8 Å². The number of benzene rings is 4. The van der Waals surface area contributed by atoms with Gasteiger partial charge in [-0.15, -0.1) is 0 Å². The third kappa shape index (κ3) is 28.6. The monoisotopic (exact) mass is 1110 g/mol. The van der Waals surface area contributed by atoms with Crippen LogP contribution in [0.2, 0.25) is 0 Å². The van der Waals surface area contributed by atoms with Gasteiger partial charge in [-0.1, -0.05) is 13.0 Å². The van der Waals surface area contributed by atoms with E-state index in [0.717, 1.165) is 74.7 Å². The van der Waals surface area contributed by atoms with Crippen LogP contribution < -0.4 is 18.9 Å². The van der Waals surface area contributed by atoms with E-state index in [1.54, 1.807) is 43.3 Å². The topological polar surface area (TPSA) is 153 Å². The second kappa shape index (κ2) is 39.7. The Bertz CT molecular complexity index is 2270. The summed E-state index contributed by atoms with van der Waals surface area (Å²) in [5.41, 5.74) is 0.919. The molecule has 0 radical (unpaired) electrons. The van der Waals surface area contributed by atoms with Crippen molar-refractivity contribution in [3.05, 3.63) is 129 Å². The zero-order chi connectivity index (χ0) is 56.8. The van der Waals surface area contributed by atoms with Crippen LogP contribution in [-0.4, -0.2) is 140 Å². The first-order valence-corrected chi connectivity index (χ1v) is 30.3. The second-order valence-corrected chi connectivity index (χ2v) is 21.9. The highest BCUT2D eigenvalue weighted by Crippen LogP contribution is 2.22. The summed E-state index contributed by atoms with van der Waals surface area (Å²) in [5.74, 6) is 3.63. The normalized spacial score (nSPS) is 16.6. The van der Waals surface area contributed by atoms with E-state index >= 15 is 0 Å². The van der Waals surface area contributed by atoms with Gasteiger partial charge in [0.15, 0.2) is 5.78 Å². The lowest BCUT2D eigenvalue weighted by Gasteiger charge is -2.30. The molecular weight excluding hydrogens is 1020 g/mol. The van der Waals surface area contributed by atoms with Gasteiger partial charge < -0.3 is 38.5 Å². The molecule has 4 fully saturated rings. The predicted molar refractivity (Wildman–Crippen MR) is 318 cm³/mol. The van der Waals surface area contributed by atoms with Crippen LogP contribution in [0.25, 0.3) is 0 Å². The SMILES string of the molecule is CC(=O)c1ccc(OCCCCCN2CCCC2)cc1.CC1CCCN(CCCCCOc2ccc([N+](=O)[O-])cc2)C1.Fc1ccc(OCCCCCN2CCCC2)cc1.O=[N+]([O-])c1cccc(OCCCCCN2CCCC2)c1. The maximum Gasteiger partial charge on any atom is 0.273 e. The molecule has 4 saturated heterocycles. The zero-order valence-electron chi connectivity index (χ0n) is 48.5. The highest BCUT2D eigenvalue weighted by atomic mass is 19.1. The van der Waals surface area contributed by atoms with Crippen molar-refractivity contribution in [1.82, 2.24) is 19.6 Å². The number of piperidine rings is 1. The van der Waals surface area contributed by atoms with Gasteiger partial charge in [-0.25, -0.2) is 4.39 Å². The van der Waals surface area contributed by atoms with Crippen LogP contribution in [0.1, 0.15) is 153 Å². The number of rotatable bonds is 31. The molecule has 0 spiro atoms. The van der Waals surface area contributed by atoms with Crippen molar-refractivity contribution >= 4 is 17.2 Å². The van der Waals surface area contributed by atoms with Gasteiger partial charge in [0.05, 0.1) is 42.3 Å². The van der Waals surface area contributed by atoms with Gasteiger partial charge in [0.2, 0.25) is 0 Å². The molecule has 4 aromatic rings. The number of halogens is 1. The number of ketones is 1. The molecule has 0 bridgehead atoms. The van der Waals surface area contributed by atoms with Crippen LogP contribution in [0.4, 0.5) is 15.8 Å². The largest absolute Gasteiger partial charge is 0.494 e. The van der Waals surface area contributed by atoms with Crippen molar-refractivity contribution in [3.8, 4) is 23.0 Å². The Kier molecular flexibility index (Phi) is 32.3. The van der Waals surface area contributed by atoms with E-state index in [-0.39, 0.29) is 23.0 Å². The number of hydrogen-bond donors (Lipinski definition) is 0. The smallest absolute Gasteiger partial charge is 0.273 e. The molecule has 80 heavy (non-hydrogen) atoms. The first-order chi connectivity index (χ1) is 39.0. The Morgan fingerprint density at radius 3 is 1.25 bits per heavy atom. The van der Waals surface area contributed by atoms with E-state index in [1.165, 1.54) is 205 Å². The van der Waals surface area contributed by atoms with Crippen LogP contribution in [0, 0.1) is 32.0 Å². The highest BCUT2D eigenvalue weighted by molar-refractivity contribution is 5.94. The van der Waals surface area contributed by atoms with Crippen LogP contribution >= 0.6 is 0 Å². The molecule has 0 N–H and O–H groups in total. The van der Waals surface area contributed by atoms with Gasteiger partial charge in [0, 0.05) is 30.3 Å². The van der Waals surface area contributed by atoms with E-state index in [1.807, 2.05) is 24.3 Å². The Labute approximate surface area is 477 Å². The first-order valence-electron chi connectivity index (χ1n) is 30.3. The maximum atomic E-state index is 12.7. The van der Waals surface area contributed by atoms with Gasteiger partial charge in [0.25, 0.3) is 11.4 Å². The van der Waals surface area contributed by atoms with Gasteiger partial charge in [-0.3, -0.25) is 25.0 Å². The number of hydrogen-bond acceptors (Lipinski definition) is 13. The molecule has 0 aliphatic carbocycles. The molecular formula is C64H95FN6O9. The Balaban J connectivity index is 0.000000196. The molecule has 1 unspecified atom stereocenters. The molecule has 4 aliphatic rings. The molecule has 4 heterocycles. The molecule has 16 heteroatoms. The summed E-state index contributed by atoms with van der Waals surface area (Å²) in [6.45, 7) is 21.7. The molecule has 4 aliphatic heterocycles. The number of likely N-dealkylation sites (tertiary alicyclic amines) is 4. The van der Waals surface area contributed by atoms with Crippen LogP contribution in [-0.2, 0) is 0 Å². The summed E-state index contributed by atoms with van der Waals surface area (Å²) in [7, 11) is 0. The van der Waals surface area contributed by atoms with E-state index in [2.05, 4.69) is 26.5 Å². The van der Waals surface area contributed by atoms with Crippen molar-refractivity contribution in [3.63, 3.8) is 0 Å². The van der Waals surface area contributed by atoms with Crippen LogP contribution in [0.15, 0.2) is 97.1 Å². The minimum absolute atomic E-state index is 0.0801. The lowest BCUT2D eigenvalue weighted by Crippen LogP contribution is -2.34. The molecule has 8 rings (SSSR count). The van der Waals surface area contributed by atoms with E-state index in [0.29, 0.717) is 24.7 Å². The van der Waals surface area contributed by atoms with E-state index < -0.39 is 9.85 Å². The number of nitro groups is 2. The summed E-state index contributed by atoms with van der Waals surface area (Å²) in [5, 5.41) is 21.2. The van der Waals surface area contributed by atoms with Crippen molar-refractivity contribution in [2.75, 3.05) is 105 Å². The summed E-state index contributed by atoms with van der Waals surface area (Å²) < 4.78 is 35.1. The predicted octanol–water partition coefficient (Wildman–Crippen LogP) is 14.1. The summed E-state index contributed by atoms with van der Waals surface area (Å²) in [6, 6.07) is 26.3. The molecule has 0 aromatic heterocycles. The fourth-order valence-electron chi connectivity index (χ4n) is 10.4. The molecule has 0 amide bonds. The summed E-state index contributed by atoms with van der Waals surface area (Å²) in [4.78, 5) is 41.7. The highest BCUT2D eigenvalue weighted by Gasteiger charge is 2.16. The fraction of sp³-hybridized carbons (Fsp3) is 0.609. The van der Waals surface area contributed by atoms with Crippen molar-refractivity contribution in [2.24, 2.45) is 5.92 Å². The lowest BCUT2D eigenvalue weighted by molar-refractivity contribution is -0.385. The minimum Gasteiger partial charge on any atom is -0.494 e. The van der Waals surface area contributed by atoms with Crippen molar-refractivity contribution in [2.45, 2.75) is 142 Å². The second-order valence-electron chi connectivity index (χ2n) is 21.9. The first kappa shape index (κ1) is 65.1. The Morgan fingerprint density at radius 2 is 0.850 bits per heavy atom. The Morgan fingerprint density at radius 1 is 0.475 bits per heavy atom. The van der Waals surface area contributed by atoms with Gasteiger partial charge >= 0.3 is 0 Å². The molecule has 15 nitrogen and oxygen atoms in total. The number of non-ortho nitro benzene ring substituents is 2. The standard InChI is InChI=1S/C17H26N2O3.C17H25NO2.C15H22FNO.C15H22N2O3/c1-15-6-5-12-18(14-15)11-3-2-4-13-22-17-9-7-16(8-10-17)19(20)21;1-15(19)16-7-9-17(10-8-16)20-14-6-2-3-11-18-12-4-5-13-18;16-14-6-8-15(9-7-14)18-13-5-1-2-10-17-11-3-4-12-17;18-17(19)14-7-6-8-15(13-14)20-12-5-1-2-9-16-10-3-4-11-16/h7-10,15H,2-6,11-14H2,1H3;7-10H,2-6,11-14H2,1H3;6-9H,1-5,10-13H2;6-8,13H,1-5,9-12H2. The molecule has 4 aromatic carbocycles. The number of ether oxygens (including phenoxy) is 4. The van der Waals surface area contributed by atoms with Crippen molar-refractivity contribution in [1.29, 1.82) is 0 Å². The van der Waals surface area contributed by atoms with Crippen molar-refractivity contribution < 1.29 is 38.0 Å². The van der Waals surface area contributed by atoms with Crippen LogP contribution in [0.3, 0.4) is 0 Å². The summed E-state index contributed by atoms with van der Waals surface area (Å²) in [6.07, 6.45) is 24.8. The third-order valence-electron chi connectivity index (χ3n) is 15.0. The maximum absolute atomic E-state index is 12.7. The molecule has 0 saturated carbocycles. The third-order valence-corrected chi connectivity index (χ3v) is 15.0. The number of Topliss-reactive ketones (excluding diaryl/α,β-unsaturated/α-hetero) is 1.